The number of furan rings is 1. The molecule has 0 aliphatic rings. The number of thiophene rings is 1. The predicted molar refractivity (Wildman–Crippen MR) is 61.8 cm³/mol. The molecular weight excluding hydrogens is 286 g/mol. The first-order valence-electron chi connectivity index (χ1n) is 3.92. The first-order chi connectivity index (χ1) is 6.68. The van der Waals surface area contributed by atoms with Crippen LogP contribution < -0.4 is 5.73 Å². The number of halogens is 2. The lowest BCUT2D eigenvalue weighted by molar-refractivity contribution is 0.492. The van der Waals surface area contributed by atoms with E-state index in [1.165, 1.54) is 11.3 Å². The summed E-state index contributed by atoms with van der Waals surface area (Å²) in [6.07, 6.45) is 1.61. The maximum Gasteiger partial charge on any atom is 0.125 e. The van der Waals surface area contributed by atoms with Crippen LogP contribution in [0.3, 0.4) is 0 Å². The van der Waals surface area contributed by atoms with E-state index in [1.54, 1.807) is 6.26 Å². The molecule has 2 aromatic rings. The van der Waals surface area contributed by atoms with Gasteiger partial charge in [-0.15, -0.1) is 11.3 Å². The summed E-state index contributed by atoms with van der Waals surface area (Å²) in [7, 11) is 0. The summed E-state index contributed by atoms with van der Waals surface area (Å²) in [5.74, 6) is 0.746. The molecule has 0 amide bonds. The molecule has 74 valence electrons. The Morgan fingerprint density at radius 2 is 2.36 bits per heavy atom. The molecule has 2 nitrogen and oxygen atoms in total. The van der Waals surface area contributed by atoms with Crippen molar-refractivity contribution in [2.45, 2.75) is 6.04 Å². The van der Waals surface area contributed by atoms with Crippen LogP contribution in [0.2, 0.25) is 5.02 Å². The predicted octanol–water partition coefficient (Wildman–Crippen LogP) is 3.81. The average molecular weight is 293 g/mol. The van der Waals surface area contributed by atoms with Crippen LogP contribution in [0.1, 0.15) is 16.7 Å². The van der Waals surface area contributed by atoms with Gasteiger partial charge in [-0.2, -0.15) is 0 Å². The van der Waals surface area contributed by atoms with E-state index in [0.717, 1.165) is 14.4 Å². The SMILES string of the molecule is NC(c1ccco1)c1cc(Cl)c(Br)s1. The van der Waals surface area contributed by atoms with Crippen LogP contribution in [0.15, 0.2) is 32.7 Å². The first-order valence-corrected chi connectivity index (χ1v) is 5.91. The summed E-state index contributed by atoms with van der Waals surface area (Å²) in [5.41, 5.74) is 5.98. The van der Waals surface area contributed by atoms with Crippen molar-refractivity contribution in [1.82, 2.24) is 0 Å². The fourth-order valence-corrected chi connectivity index (χ4v) is 2.88. The third kappa shape index (κ3) is 1.88. The second kappa shape index (κ2) is 4.06. The van der Waals surface area contributed by atoms with Gasteiger partial charge in [0.05, 0.1) is 21.1 Å². The highest BCUT2D eigenvalue weighted by Crippen LogP contribution is 2.36. The van der Waals surface area contributed by atoms with E-state index in [0.29, 0.717) is 5.02 Å². The Morgan fingerprint density at radius 3 is 2.86 bits per heavy atom. The van der Waals surface area contributed by atoms with Crippen molar-refractivity contribution in [1.29, 1.82) is 0 Å². The van der Waals surface area contributed by atoms with Crippen LogP contribution >= 0.6 is 38.9 Å². The number of nitrogens with two attached hydrogens (primary N) is 1. The Labute approximate surface area is 98.8 Å². The molecule has 1 atom stereocenters. The molecule has 2 heterocycles. The molecule has 2 rings (SSSR count). The minimum atomic E-state index is -0.237. The van der Waals surface area contributed by atoms with E-state index in [9.17, 15) is 0 Å². The average Bonchev–Trinajstić information content (AvgIpc) is 2.76. The Kier molecular flexibility index (Phi) is 2.97. The van der Waals surface area contributed by atoms with E-state index in [4.69, 9.17) is 21.8 Å². The topological polar surface area (TPSA) is 39.2 Å². The fourth-order valence-electron chi connectivity index (χ4n) is 1.13. The molecule has 5 heteroatoms. The lowest BCUT2D eigenvalue weighted by Gasteiger charge is -2.04. The Morgan fingerprint density at radius 1 is 1.57 bits per heavy atom. The maximum absolute atomic E-state index is 5.98. The van der Waals surface area contributed by atoms with E-state index in [2.05, 4.69) is 15.9 Å². The molecule has 2 N–H and O–H groups in total. The highest BCUT2D eigenvalue weighted by molar-refractivity contribution is 9.11. The zero-order valence-electron chi connectivity index (χ0n) is 7.04. The minimum absolute atomic E-state index is 0.237. The van der Waals surface area contributed by atoms with Crippen molar-refractivity contribution >= 4 is 38.9 Å². The maximum atomic E-state index is 5.98. The van der Waals surface area contributed by atoms with Crippen molar-refractivity contribution in [3.05, 3.63) is 43.9 Å². The summed E-state index contributed by atoms with van der Waals surface area (Å²) in [6, 6.07) is 5.29. The number of rotatable bonds is 2. The van der Waals surface area contributed by atoms with Crippen LogP contribution in [-0.2, 0) is 0 Å². The summed E-state index contributed by atoms with van der Waals surface area (Å²) in [6.45, 7) is 0. The van der Waals surface area contributed by atoms with Crippen LogP contribution in [-0.4, -0.2) is 0 Å². The minimum Gasteiger partial charge on any atom is -0.467 e. The lowest BCUT2D eigenvalue weighted by Crippen LogP contribution is -2.08. The van der Waals surface area contributed by atoms with Crippen molar-refractivity contribution in [3.8, 4) is 0 Å². The van der Waals surface area contributed by atoms with Gasteiger partial charge in [-0.1, -0.05) is 11.6 Å². The van der Waals surface area contributed by atoms with E-state index < -0.39 is 0 Å². The quantitative estimate of drug-likeness (QED) is 0.914. The third-order valence-electron chi connectivity index (χ3n) is 1.82. The van der Waals surface area contributed by atoms with Crippen molar-refractivity contribution in [3.63, 3.8) is 0 Å². The molecule has 0 saturated heterocycles. The molecule has 2 aromatic heterocycles. The van der Waals surface area contributed by atoms with Crippen LogP contribution in [0, 0.1) is 0 Å². The Bertz CT molecular complexity index is 406. The van der Waals surface area contributed by atoms with E-state index >= 15 is 0 Å². The van der Waals surface area contributed by atoms with E-state index in [-0.39, 0.29) is 6.04 Å². The molecule has 0 spiro atoms. The smallest absolute Gasteiger partial charge is 0.125 e. The summed E-state index contributed by atoms with van der Waals surface area (Å²) < 4.78 is 6.12. The van der Waals surface area contributed by atoms with Gasteiger partial charge >= 0.3 is 0 Å². The fraction of sp³-hybridized carbons (Fsp3) is 0.111. The molecule has 0 radical (unpaired) electrons. The van der Waals surface area contributed by atoms with Gasteiger partial charge in [0.1, 0.15) is 5.76 Å². The van der Waals surface area contributed by atoms with Gasteiger partial charge in [0.2, 0.25) is 0 Å². The molecule has 0 aromatic carbocycles. The third-order valence-corrected chi connectivity index (χ3v) is 4.38. The monoisotopic (exact) mass is 291 g/mol. The number of hydrogen-bond donors (Lipinski definition) is 1. The second-order valence-corrected chi connectivity index (χ2v) is 5.57. The van der Waals surface area contributed by atoms with Gasteiger partial charge in [-0.25, -0.2) is 0 Å². The lowest BCUT2D eigenvalue weighted by atomic mass is 10.2. The van der Waals surface area contributed by atoms with Crippen molar-refractivity contribution in [2.24, 2.45) is 5.73 Å². The largest absolute Gasteiger partial charge is 0.467 e. The molecule has 0 fully saturated rings. The summed E-state index contributed by atoms with van der Waals surface area (Å²) in [4.78, 5) is 0.983. The highest BCUT2D eigenvalue weighted by Gasteiger charge is 2.15. The second-order valence-electron chi connectivity index (χ2n) is 2.76. The molecular formula is C9H7BrClNOS. The Balaban J connectivity index is 2.32. The van der Waals surface area contributed by atoms with Gasteiger partial charge in [0, 0.05) is 4.88 Å². The van der Waals surface area contributed by atoms with Crippen LogP contribution in [0.25, 0.3) is 0 Å². The van der Waals surface area contributed by atoms with Crippen LogP contribution in [0.4, 0.5) is 0 Å². The van der Waals surface area contributed by atoms with Gasteiger partial charge in [0.25, 0.3) is 0 Å². The molecule has 14 heavy (non-hydrogen) atoms. The van der Waals surface area contributed by atoms with Crippen LogP contribution in [0.5, 0.6) is 0 Å². The van der Waals surface area contributed by atoms with Crippen molar-refractivity contribution in [2.75, 3.05) is 0 Å². The van der Waals surface area contributed by atoms with E-state index in [1.807, 2.05) is 18.2 Å². The van der Waals surface area contributed by atoms with Gasteiger partial charge < -0.3 is 10.2 Å². The molecule has 0 saturated carbocycles. The summed E-state index contributed by atoms with van der Waals surface area (Å²) in [5, 5.41) is 0.687. The Hall–Kier alpha value is -0.290. The summed E-state index contributed by atoms with van der Waals surface area (Å²) >= 11 is 10.8. The normalized spacial score (nSPS) is 13.1. The van der Waals surface area contributed by atoms with Gasteiger partial charge in [-0.05, 0) is 34.1 Å². The first kappa shape index (κ1) is 10.2. The highest BCUT2D eigenvalue weighted by atomic mass is 79.9. The number of hydrogen-bond acceptors (Lipinski definition) is 3. The zero-order valence-corrected chi connectivity index (χ0v) is 10.2. The zero-order chi connectivity index (χ0) is 10.1. The molecule has 1 unspecified atom stereocenters. The standard InChI is InChI=1S/C9H7BrClNOS/c10-9-5(11)4-7(14-9)8(12)6-2-1-3-13-6/h1-4,8H,12H2. The van der Waals surface area contributed by atoms with Gasteiger partial charge in [0.15, 0.2) is 0 Å². The van der Waals surface area contributed by atoms with Crippen molar-refractivity contribution < 1.29 is 4.42 Å². The molecule has 0 bridgehead atoms. The molecule has 0 aliphatic carbocycles. The molecule has 0 aliphatic heterocycles. The van der Waals surface area contributed by atoms with Gasteiger partial charge in [-0.3, -0.25) is 0 Å².